The molecule has 7 nitrogen and oxygen atoms in total. The van der Waals surface area contributed by atoms with Gasteiger partial charge >= 0.3 is 6.18 Å². The Labute approximate surface area is 205 Å². The Balaban J connectivity index is 2.26. The largest absolute Gasteiger partial charge is 0.492 e. The molecule has 1 amide bonds. The Kier molecular flexibility index (Phi) is 9.37. The van der Waals surface area contributed by atoms with E-state index >= 15 is 0 Å². The molecule has 0 aliphatic rings. The van der Waals surface area contributed by atoms with Gasteiger partial charge in [-0.2, -0.15) is 18.3 Å². The van der Waals surface area contributed by atoms with Crippen molar-refractivity contribution in [1.29, 1.82) is 0 Å². The molecular weight excluding hydrogens is 480 g/mol. The fourth-order valence-electron chi connectivity index (χ4n) is 2.99. The number of hydrogen-bond donors (Lipinski definition) is 1. The molecule has 0 aliphatic carbocycles. The second-order valence-electron chi connectivity index (χ2n) is 7.54. The first-order chi connectivity index (χ1) is 16.9. The van der Waals surface area contributed by atoms with Crippen molar-refractivity contribution in [2.75, 3.05) is 7.11 Å². The summed E-state index contributed by atoms with van der Waals surface area (Å²) in [7, 11) is 3.03. The highest BCUT2D eigenvalue weighted by atomic mass is 19.4. The lowest BCUT2D eigenvalue weighted by molar-refractivity contribution is -0.117. The molecule has 0 aliphatic heterocycles. The number of benzene rings is 1. The number of aromatic nitrogens is 2. The van der Waals surface area contributed by atoms with Gasteiger partial charge in [-0.25, -0.2) is 9.38 Å². The highest BCUT2D eigenvalue weighted by Gasteiger charge is 2.30. The summed E-state index contributed by atoms with van der Waals surface area (Å²) < 4.78 is 65.3. The van der Waals surface area contributed by atoms with Crippen LogP contribution in [0.5, 0.6) is 0 Å². The number of aryl methyl sites for hydroxylation is 1. The van der Waals surface area contributed by atoms with E-state index in [1.165, 1.54) is 43.1 Å². The number of nitrogens with zero attached hydrogens (tertiary/aromatic N) is 3. The van der Waals surface area contributed by atoms with Crippen LogP contribution in [0.3, 0.4) is 0 Å². The molecule has 192 valence electrons. The minimum atomic E-state index is -4.52. The van der Waals surface area contributed by atoms with Gasteiger partial charge in [0, 0.05) is 12.6 Å². The van der Waals surface area contributed by atoms with E-state index in [0.717, 1.165) is 6.08 Å². The van der Waals surface area contributed by atoms with E-state index < -0.39 is 23.5 Å². The zero-order valence-electron chi connectivity index (χ0n) is 20.0. The predicted octanol–water partition coefficient (Wildman–Crippen LogP) is 4.75. The fraction of sp³-hybridized carbons (Fsp3) is 0.240. The first-order valence-electron chi connectivity index (χ1n) is 10.5. The third kappa shape index (κ3) is 7.42. The van der Waals surface area contributed by atoms with Crippen LogP contribution in [0.4, 0.5) is 17.6 Å². The molecule has 0 fully saturated rings. The maximum absolute atomic E-state index is 14.3. The molecule has 0 bridgehead atoms. The lowest BCUT2D eigenvalue weighted by Gasteiger charge is -2.11. The Hall–Kier alpha value is -4.15. The molecule has 0 spiro atoms. The minimum Gasteiger partial charge on any atom is -0.492 e. The van der Waals surface area contributed by atoms with Gasteiger partial charge < -0.3 is 15.2 Å². The van der Waals surface area contributed by atoms with Crippen LogP contribution in [0.25, 0.3) is 5.70 Å². The van der Waals surface area contributed by atoms with E-state index in [4.69, 9.17) is 15.2 Å². The predicted molar refractivity (Wildman–Crippen MR) is 128 cm³/mol. The van der Waals surface area contributed by atoms with Crippen LogP contribution in [0.2, 0.25) is 0 Å². The summed E-state index contributed by atoms with van der Waals surface area (Å²) >= 11 is 0. The highest BCUT2D eigenvalue weighted by molar-refractivity contribution is 5.98. The van der Waals surface area contributed by atoms with Gasteiger partial charge in [-0.3, -0.25) is 9.48 Å². The van der Waals surface area contributed by atoms with E-state index in [0.29, 0.717) is 22.9 Å². The normalized spacial score (nSPS) is 12.9. The van der Waals surface area contributed by atoms with E-state index in [-0.39, 0.29) is 35.9 Å². The molecule has 1 heterocycles. The molecule has 2 N–H and O–H groups in total. The number of carbonyl (C=O) groups is 1. The monoisotopic (exact) mass is 506 g/mol. The number of methoxy groups -OCH3 is 1. The summed E-state index contributed by atoms with van der Waals surface area (Å²) in [5.74, 6) is -0.953. The van der Waals surface area contributed by atoms with Gasteiger partial charge in [0.05, 0.1) is 48.0 Å². The SMILES string of the molecule is C=C/C(=C\C=C(/C)OCc1c(C(=NC(=C)c2ccc(CC(N)=O)c(F)c2)OC)cnn1C)C(F)(F)F. The lowest BCUT2D eigenvalue weighted by Crippen LogP contribution is -2.14. The first kappa shape index (κ1) is 28.1. The van der Waals surface area contributed by atoms with Crippen molar-refractivity contribution in [2.45, 2.75) is 26.1 Å². The number of rotatable bonds is 10. The smallest absolute Gasteiger partial charge is 0.416 e. The second kappa shape index (κ2) is 12.0. The molecule has 2 rings (SSSR count). The Morgan fingerprint density at radius 2 is 2.00 bits per heavy atom. The van der Waals surface area contributed by atoms with Gasteiger partial charge in [-0.15, -0.1) is 0 Å². The molecule has 36 heavy (non-hydrogen) atoms. The number of hydrogen-bond acceptors (Lipinski definition) is 5. The summed E-state index contributed by atoms with van der Waals surface area (Å²) in [6.07, 6.45) is -0.516. The second-order valence-corrected chi connectivity index (χ2v) is 7.54. The maximum atomic E-state index is 14.3. The fourth-order valence-corrected chi connectivity index (χ4v) is 2.99. The number of halogens is 4. The van der Waals surface area contributed by atoms with Crippen molar-refractivity contribution in [2.24, 2.45) is 17.8 Å². The summed E-state index contributed by atoms with van der Waals surface area (Å²) in [6, 6.07) is 4.16. The third-order valence-electron chi connectivity index (χ3n) is 4.95. The maximum Gasteiger partial charge on any atom is 0.416 e. The minimum absolute atomic E-state index is 0.0528. The summed E-state index contributed by atoms with van der Waals surface area (Å²) in [6.45, 7) is 8.47. The van der Waals surface area contributed by atoms with Crippen molar-refractivity contribution in [3.8, 4) is 0 Å². The molecule has 1 aromatic carbocycles. The molecule has 2 aromatic rings. The van der Waals surface area contributed by atoms with E-state index in [1.807, 2.05) is 0 Å². The molecule has 11 heteroatoms. The summed E-state index contributed by atoms with van der Waals surface area (Å²) in [5.41, 5.74) is 5.85. The topological polar surface area (TPSA) is 91.7 Å². The van der Waals surface area contributed by atoms with Gasteiger partial charge in [0.25, 0.3) is 0 Å². The van der Waals surface area contributed by atoms with Crippen LogP contribution < -0.4 is 5.73 Å². The molecule has 0 radical (unpaired) electrons. The molecular formula is C25H26F4N4O3. The van der Waals surface area contributed by atoms with Crippen molar-refractivity contribution in [3.63, 3.8) is 0 Å². The first-order valence-corrected chi connectivity index (χ1v) is 10.5. The molecule has 0 saturated carbocycles. The van der Waals surface area contributed by atoms with Gasteiger partial charge in [0.2, 0.25) is 11.8 Å². The number of amides is 1. The number of aliphatic imine (C=N–C) groups is 1. The number of primary amides is 1. The van der Waals surface area contributed by atoms with Crippen LogP contribution in [0.1, 0.15) is 29.3 Å². The van der Waals surface area contributed by atoms with Crippen LogP contribution in [-0.2, 0) is 34.3 Å². The Morgan fingerprint density at radius 1 is 1.31 bits per heavy atom. The Morgan fingerprint density at radius 3 is 2.56 bits per heavy atom. The van der Waals surface area contributed by atoms with Crippen LogP contribution in [0.15, 0.2) is 72.1 Å². The van der Waals surface area contributed by atoms with Gasteiger partial charge in [-0.1, -0.05) is 31.4 Å². The average Bonchev–Trinajstić information content (AvgIpc) is 3.16. The number of alkyl halides is 3. The lowest BCUT2D eigenvalue weighted by atomic mass is 10.1. The van der Waals surface area contributed by atoms with Crippen molar-refractivity contribution < 1.29 is 31.8 Å². The van der Waals surface area contributed by atoms with Crippen LogP contribution in [-0.4, -0.2) is 34.9 Å². The average molecular weight is 507 g/mol. The quantitative estimate of drug-likeness (QED) is 0.166. The van der Waals surface area contributed by atoms with Gasteiger partial charge in [0.15, 0.2) is 0 Å². The standard InChI is InChI=1S/C25H26F4N4O3/c1-6-19(25(27,28)29)10-7-15(2)36-14-22-20(13-31-33(22)4)24(35-5)32-16(3)17-8-9-18(12-23(30)34)21(26)11-17/h6-11,13H,1,3,12,14H2,2,4-5H3,(H2,30,34)/b15-7+,19-10+,32-24?. The van der Waals surface area contributed by atoms with E-state index in [1.54, 1.807) is 13.1 Å². The van der Waals surface area contributed by atoms with Gasteiger partial charge in [0.1, 0.15) is 12.4 Å². The molecule has 1 aromatic heterocycles. The van der Waals surface area contributed by atoms with E-state index in [9.17, 15) is 22.4 Å². The zero-order chi connectivity index (χ0) is 27.0. The Bertz CT molecular complexity index is 1240. The number of allylic oxidation sites excluding steroid dienone is 5. The summed E-state index contributed by atoms with van der Waals surface area (Å²) in [4.78, 5) is 15.4. The van der Waals surface area contributed by atoms with Crippen molar-refractivity contribution in [3.05, 3.63) is 95.3 Å². The highest BCUT2D eigenvalue weighted by Crippen LogP contribution is 2.26. The molecule has 0 saturated heterocycles. The van der Waals surface area contributed by atoms with E-state index in [2.05, 4.69) is 23.2 Å². The molecule has 0 atom stereocenters. The van der Waals surface area contributed by atoms with Crippen LogP contribution in [0, 0.1) is 5.82 Å². The van der Waals surface area contributed by atoms with Crippen LogP contribution >= 0.6 is 0 Å². The van der Waals surface area contributed by atoms with Gasteiger partial charge in [-0.05, 0) is 30.7 Å². The third-order valence-corrected chi connectivity index (χ3v) is 4.95. The number of ether oxygens (including phenoxy) is 2. The zero-order valence-corrected chi connectivity index (χ0v) is 20.0. The molecule has 0 unspecified atom stereocenters. The number of carbonyl (C=O) groups excluding carboxylic acids is 1. The summed E-state index contributed by atoms with van der Waals surface area (Å²) in [5, 5.41) is 4.17. The van der Waals surface area contributed by atoms with Crippen molar-refractivity contribution in [1.82, 2.24) is 9.78 Å². The number of nitrogens with two attached hydrogens (primary N) is 1. The van der Waals surface area contributed by atoms with Crippen molar-refractivity contribution >= 4 is 17.5 Å².